The first-order valence-electron chi connectivity index (χ1n) is 9.33. The Morgan fingerprint density at radius 2 is 1.80 bits per heavy atom. The van der Waals surface area contributed by atoms with Crippen molar-refractivity contribution in [1.29, 1.82) is 0 Å². The van der Waals surface area contributed by atoms with E-state index < -0.39 is 0 Å². The quantitative estimate of drug-likeness (QED) is 0.862. The fourth-order valence-electron chi connectivity index (χ4n) is 4.31. The highest BCUT2D eigenvalue weighted by Crippen LogP contribution is 2.42. The molecular weight excluding hydrogens is 306 g/mol. The van der Waals surface area contributed by atoms with Gasteiger partial charge in [0.1, 0.15) is 5.84 Å². The summed E-state index contributed by atoms with van der Waals surface area (Å²) in [6.45, 7) is 7.32. The first-order valence-corrected chi connectivity index (χ1v) is 9.33. The third-order valence-electron chi connectivity index (χ3n) is 5.71. The largest absolute Gasteiger partial charge is 0.343 e. The van der Waals surface area contributed by atoms with Crippen LogP contribution in [0.2, 0.25) is 0 Å². The zero-order chi connectivity index (χ0) is 17.3. The number of nitrogens with one attached hydrogen (secondary N) is 2. The van der Waals surface area contributed by atoms with Crippen LogP contribution in [0.3, 0.4) is 0 Å². The minimum atomic E-state index is 0.160. The normalized spacial score (nSPS) is 20.3. The number of aryl methyl sites for hydroxylation is 2. The first-order chi connectivity index (χ1) is 12.2. The Balaban J connectivity index is 1.72. The van der Waals surface area contributed by atoms with Crippen molar-refractivity contribution in [3.05, 3.63) is 64.7 Å². The number of amidine groups is 1. The first kappa shape index (κ1) is 16.3. The molecule has 2 aliphatic heterocycles. The van der Waals surface area contributed by atoms with Gasteiger partial charge in [-0.25, -0.2) is 0 Å². The molecule has 2 aromatic rings. The van der Waals surface area contributed by atoms with Gasteiger partial charge in [0.05, 0.1) is 6.54 Å². The second-order valence-electron chi connectivity index (χ2n) is 7.59. The smallest absolute Gasteiger partial charge is 0.108 e. The van der Waals surface area contributed by atoms with Crippen molar-refractivity contribution in [2.75, 3.05) is 18.4 Å². The lowest BCUT2D eigenvalue weighted by atomic mass is 9.70. The molecule has 2 aromatic carbocycles. The van der Waals surface area contributed by atoms with Crippen molar-refractivity contribution >= 4 is 11.5 Å². The highest BCUT2D eigenvalue weighted by atomic mass is 15.0. The molecular formula is C22H27N3. The molecule has 0 unspecified atom stereocenters. The topological polar surface area (TPSA) is 36.4 Å². The maximum absolute atomic E-state index is 5.07. The summed E-state index contributed by atoms with van der Waals surface area (Å²) in [6, 6.07) is 15.1. The standard InChI is InChI=1S/C22H27N3/c1-16-12-17(2)19-14-22(8-10-23-11-9-22)21(25-20(19)13-16)24-15-18-6-4-3-5-7-18/h3-7,12-13,23H,8-11,14-15H2,1-2H3,(H,24,25). The lowest BCUT2D eigenvalue weighted by Gasteiger charge is -2.43. The number of piperidine rings is 1. The van der Waals surface area contributed by atoms with Gasteiger partial charge in [0, 0.05) is 11.1 Å². The van der Waals surface area contributed by atoms with E-state index in [0.717, 1.165) is 38.9 Å². The van der Waals surface area contributed by atoms with Crippen LogP contribution in [0.4, 0.5) is 5.69 Å². The van der Waals surface area contributed by atoms with Crippen molar-refractivity contribution < 1.29 is 0 Å². The van der Waals surface area contributed by atoms with Gasteiger partial charge in [0.15, 0.2) is 0 Å². The maximum Gasteiger partial charge on any atom is 0.108 e. The Bertz CT molecular complexity index is 786. The zero-order valence-electron chi connectivity index (χ0n) is 15.2. The lowest BCUT2D eigenvalue weighted by Crippen LogP contribution is -2.49. The summed E-state index contributed by atoms with van der Waals surface area (Å²) < 4.78 is 0. The molecule has 0 aromatic heterocycles. The van der Waals surface area contributed by atoms with E-state index in [-0.39, 0.29) is 5.41 Å². The van der Waals surface area contributed by atoms with Crippen LogP contribution >= 0.6 is 0 Å². The Morgan fingerprint density at radius 1 is 1.04 bits per heavy atom. The summed E-state index contributed by atoms with van der Waals surface area (Å²) in [5, 5.41) is 7.25. The molecule has 4 rings (SSSR count). The van der Waals surface area contributed by atoms with E-state index in [2.05, 4.69) is 66.9 Å². The van der Waals surface area contributed by atoms with Gasteiger partial charge in [-0.3, -0.25) is 4.99 Å². The molecule has 2 heterocycles. The maximum atomic E-state index is 5.07. The molecule has 0 radical (unpaired) electrons. The summed E-state index contributed by atoms with van der Waals surface area (Å²) in [7, 11) is 0. The van der Waals surface area contributed by atoms with Crippen molar-refractivity contribution in [3.63, 3.8) is 0 Å². The highest BCUT2D eigenvalue weighted by molar-refractivity contribution is 6.03. The van der Waals surface area contributed by atoms with Gasteiger partial charge < -0.3 is 10.6 Å². The average Bonchev–Trinajstić information content (AvgIpc) is 2.62. The Kier molecular flexibility index (Phi) is 4.34. The van der Waals surface area contributed by atoms with Crippen LogP contribution in [-0.2, 0) is 13.0 Å². The van der Waals surface area contributed by atoms with E-state index in [1.807, 2.05) is 0 Å². The fourth-order valence-corrected chi connectivity index (χ4v) is 4.31. The molecule has 3 heteroatoms. The molecule has 2 aliphatic rings. The van der Waals surface area contributed by atoms with Gasteiger partial charge in [-0.05, 0) is 74.5 Å². The van der Waals surface area contributed by atoms with Crippen molar-refractivity contribution in [2.24, 2.45) is 10.4 Å². The molecule has 0 amide bonds. The third-order valence-corrected chi connectivity index (χ3v) is 5.71. The second-order valence-corrected chi connectivity index (χ2v) is 7.59. The molecule has 0 atom stereocenters. The predicted molar refractivity (Wildman–Crippen MR) is 105 cm³/mol. The van der Waals surface area contributed by atoms with Crippen LogP contribution in [-0.4, -0.2) is 18.9 Å². The van der Waals surface area contributed by atoms with Crippen LogP contribution in [0.15, 0.2) is 47.5 Å². The van der Waals surface area contributed by atoms with Gasteiger partial charge >= 0.3 is 0 Å². The minimum absolute atomic E-state index is 0.160. The Labute approximate surface area is 150 Å². The lowest BCUT2D eigenvalue weighted by molar-refractivity contribution is 0.292. The summed E-state index contributed by atoms with van der Waals surface area (Å²) in [5.74, 6) is 1.19. The molecule has 130 valence electrons. The Morgan fingerprint density at radius 3 is 2.56 bits per heavy atom. The van der Waals surface area contributed by atoms with E-state index in [1.165, 1.54) is 33.8 Å². The van der Waals surface area contributed by atoms with Gasteiger partial charge in [0.25, 0.3) is 0 Å². The number of hydrogen-bond donors (Lipinski definition) is 2. The SMILES string of the molecule is Cc1cc(C)c2c(c1)NC(=NCc1ccccc1)C1(CCNCC1)C2. The molecule has 0 bridgehead atoms. The van der Waals surface area contributed by atoms with Crippen LogP contribution in [0, 0.1) is 19.3 Å². The molecule has 2 N–H and O–H groups in total. The van der Waals surface area contributed by atoms with Gasteiger partial charge in [-0.2, -0.15) is 0 Å². The number of benzene rings is 2. The van der Waals surface area contributed by atoms with Crippen LogP contribution in [0.25, 0.3) is 0 Å². The number of fused-ring (bicyclic) bond motifs is 1. The summed E-state index contributed by atoms with van der Waals surface area (Å²) >= 11 is 0. The summed E-state index contributed by atoms with van der Waals surface area (Å²) in [6.07, 6.45) is 3.41. The van der Waals surface area contributed by atoms with Crippen molar-refractivity contribution in [1.82, 2.24) is 5.32 Å². The zero-order valence-corrected chi connectivity index (χ0v) is 15.2. The van der Waals surface area contributed by atoms with E-state index >= 15 is 0 Å². The average molecular weight is 333 g/mol. The molecule has 1 fully saturated rings. The van der Waals surface area contributed by atoms with Crippen LogP contribution < -0.4 is 10.6 Å². The number of rotatable bonds is 2. The van der Waals surface area contributed by atoms with Crippen molar-refractivity contribution in [2.45, 2.75) is 39.7 Å². The van der Waals surface area contributed by atoms with E-state index in [4.69, 9.17) is 4.99 Å². The molecule has 25 heavy (non-hydrogen) atoms. The Hall–Kier alpha value is -2.13. The molecule has 0 saturated carbocycles. The summed E-state index contributed by atoms with van der Waals surface area (Å²) in [5.41, 5.74) is 6.88. The van der Waals surface area contributed by atoms with E-state index in [1.54, 1.807) is 0 Å². The van der Waals surface area contributed by atoms with Crippen LogP contribution in [0.5, 0.6) is 0 Å². The number of aliphatic imine (C=N–C) groups is 1. The number of hydrogen-bond acceptors (Lipinski definition) is 2. The predicted octanol–water partition coefficient (Wildman–Crippen LogP) is 4.24. The van der Waals surface area contributed by atoms with Crippen molar-refractivity contribution in [3.8, 4) is 0 Å². The molecule has 1 saturated heterocycles. The van der Waals surface area contributed by atoms with E-state index in [0.29, 0.717) is 0 Å². The van der Waals surface area contributed by atoms with Gasteiger partial charge in [-0.1, -0.05) is 36.4 Å². The fraction of sp³-hybridized carbons (Fsp3) is 0.409. The number of nitrogens with zero attached hydrogens (tertiary/aromatic N) is 1. The third kappa shape index (κ3) is 3.21. The summed E-state index contributed by atoms with van der Waals surface area (Å²) in [4.78, 5) is 5.07. The minimum Gasteiger partial charge on any atom is -0.343 e. The van der Waals surface area contributed by atoms with Gasteiger partial charge in [0.2, 0.25) is 0 Å². The van der Waals surface area contributed by atoms with Crippen LogP contribution in [0.1, 0.15) is 35.1 Å². The molecule has 1 spiro atoms. The van der Waals surface area contributed by atoms with Gasteiger partial charge in [-0.15, -0.1) is 0 Å². The van der Waals surface area contributed by atoms with E-state index in [9.17, 15) is 0 Å². The molecule has 3 nitrogen and oxygen atoms in total. The monoisotopic (exact) mass is 333 g/mol. The number of anilines is 1. The highest BCUT2D eigenvalue weighted by Gasteiger charge is 2.41. The molecule has 0 aliphatic carbocycles. The second kappa shape index (κ2) is 6.64.